The second-order valence-corrected chi connectivity index (χ2v) is 15.7. The molecule has 2 aliphatic rings. The Labute approximate surface area is 306 Å². The van der Waals surface area contributed by atoms with E-state index in [1.54, 1.807) is 82.6 Å². The van der Waals surface area contributed by atoms with Gasteiger partial charge in [-0.05, 0) is 84.4 Å². The molecule has 3 aromatic heterocycles. The zero-order chi connectivity index (χ0) is 38.3. The number of ether oxygens (including phenoxy) is 2. The number of β-amino-alcohol motifs (C(OH)–C–C–N with tert-alkyl or cyclic N) is 1. The number of aromatic nitrogens is 4. The molecule has 2 atom stereocenters. The first-order valence-electron chi connectivity index (χ1n) is 17.8. The minimum atomic E-state index is -4.58. The molecule has 12 nitrogen and oxygen atoms in total. The van der Waals surface area contributed by atoms with Crippen molar-refractivity contribution in [3.05, 3.63) is 71.5 Å². The molecule has 1 aliphatic carbocycles. The Morgan fingerprint density at radius 2 is 1.70 bits per heavy atom. The number of aliphatic hydroxyl groups is 1. The highest BCUT2D eigenvalue weighted by Crippen LogP contribution is 2.42. The maximum atomic E-state index is 13.9. The van der Waals surface area contributed by atoms with Crippen LogP contribution in [0.1, 0.15) is 83.4 Å². The number of alkyl halides is 3. The molecule has 15 heteroatoms. The van der Waals surface area contributed by atoms with Gasteiger partial charge in [-0.1, -0.05) is 24.3 Å². The summed E-state index contributed by atoms with van der Waals surface area (Å²) < 4.78 is 54.2. The highest BCUT2D eigenvalue weighted by molar-refractivity contribution is 5.88. The number of aliphatic hydroxyl groups excluding tert-OH is 1. The molecule has 1 saturated carbocycles. The molecule has 2 fully saturated rings. The van der Waals surface area contributed by atoms with Crippen molar-refractivity contribution in [1.29, 1.82) is 0 Å². The molecular formula is C38H46F3N7O5. The number of piperidine rings is 1. The minimum absolute atomic E-state index is 0.00253. The van der Waals surface area contributed by atoms with E-state index in [0.717, 1.165) is 24.5 Å². The van der Waals surface area contributed by atoms with Crippen LogP contribution < -0.4 is 10.2 Å². The quantitative estimate of drug-likeness (QED) is 0.187. The molecular weight excluding hydrogens is 691 g/mol. The zero-order valence-corrected chi connectivity index (χ0v) is 30.8. The summed E-state index contributed by atoms with van der Waals surface area (Å²) in [5, 5.41) is 19.0. The second-order valence-electron chi connectivity index (χ2n) is 15.7. The standard InChI is InChI=1S/C38H46F3N7O5/c1-36(2,3)52-34(50)46-17-15-26(29(49)22-46)19-43-30-18-31(48-33(45-30)27(20-44-48)24-13-14-24)47(35(51)53-37(4,5)6)21-23-9-11-25(12-10-23)32-28(38(39,40)41)8-7-16-42-32/h7-12,16,18,20,24,26,29,49H,13-15,17,19,21-22H2,1-6H3,(H,43,45)/t26-,29+/m1/s1. The number of hydrogen-bond donors (Lipinski definition) is 2. The fourth-order valence-corrected chi connectivity index (χ4v) is 6.25. The fraction of sp³-hybridized carbons (Fsp3) is 0.500. The highest BCUT2D eigenvalue weighted by atomic mass is 19.4. The van der Waals surface area contributed by atoms with Crippen LogP contribution in [0.15, 0.2) is 54.9 Å². The van der Waals surface area contributed by atoms with Crippen molar-refractivity contribution in [3.63, 3.8) is 0 Å². The summed E-state index contributed by atoms with van der Waals surface area (Å²) in [5.41, 5.74) is -0.0853. The van der Waals surface area contributed by atoms with Crippen molar-refractivity contribution < 1.29 is 37.3 Å². The number of nitrogens with zero attached hydrogens (tertiary/aromatic N) is 6. The summed E-state index contributed by atoms with van der Waals surface area (Å²) >= 11 is 0. The molecule has 0 spiro atoms. The van der Waals surface area contributed by atoms with E-state index >= 15 is 0 Å². The van der Waals surface area contributed by atoms with Crippen molar-refractivity contribution >= 4 is 29.5 Å². The van der Waals surface area contributed by atoms with Crippen molar-refractivity contribution in [2.75, 3.05) is 29.9 Å². The van der Waals surface area contributed by atoms with Crippen LogP contribution in [-0.4, -0.2) is 78.7 Å². The van der Waals surface area contributed by atoms with Crippen LogP contribution in [0.25, 0.3) is 16.9 Å². The molecule has 2 amide bonds. The van der Waals surface area contributed by atoms with Crippen molar-refractivity contribution in [2.45, 2.75) is 96.7 Å². The van der Waals surface area contributed by atoms with Gasteiger partial charge in [-0.25, -0.2) is 14.6 Å². The number of amides is 2. The minimum Gasteiger partial charge on any atom is -0.444 e. The summed E-state index contributed by atoms with van der Waals surface area (Å²) in [6.45, 7) is 11.6. The SMILES string of the molecule is CC(C)(C)OC(=O)N1CC[C@H](CNc2cc(N(Cc3ccc(-c4ncccc4C(F)(F)F)cc3)C(=O)OC(C)(C)C)n3ncc(C4CC4)c3n2)[C@@H](O)C1. The Hall–Kier alpha value is -4.92. The molecule has 4 heterocycles. The average molecular weight is 738 g/mol. The highest BCUT2D eigenvalue weighted by Gasteiger charge is 2.36. The van der Waals surface area contributed by atoms with Gasteiger partial charge in [-0.3, -0.25) is 9.88 Å². The number of rotatable bonds is 8. The zero-order valence-electron chi connectivity index (χ0n) is 30.8. The first kappa shape index (κ1) is 37.8. The molecule has 53 heavy (non-hydrogen) atoms. The number of fused-ring (bicyclic) bond motifs is 1. The average Bonchev–Trinajstić information content (AvgIpc) is 3.83. The van der Waals surface area contributed by atoms with Crippen molar-refractivity contribution in [2.24, 2.45) is 5.92 Å². The Bertz CT molecular complexity index is 1950. The van der Waals surface area contributed by atoms with E-state index in [9.17, 15) is 27.9 Å². The normalized spacial score (nSPS) is 18.2. The van der Waals surface area contributed by atoms with Gasteiger partial charge in [0.1, 0.15) is 22.8 Å². The number of hydrogen-bond acceptors (Lipinski definition) is 9. The Balaban J connectivity index is 1.29. The van der Waals surface area contributed by atoms with E-state index in [0.29, 0.717) is 42.4 Å². The largest absolute Gasteiger partial charge is 0.444 e. The van der Waals surface area contributed by atoms with Crippen LogP contribution in [0, 0.1) is 5.92 Å². The molecule has 1 aromatic carbocycles. The summed E-state index contributed by atoms with van der Waals surface area (Å²) in [7, 11) is 0. The number of anilines is 2. The van der Waals surface area contributed by atoms with Gasteiger partial charge < -0.3 is 24.8 Å². The number of benzene rings is 1. The van der Waals surface area contributed by atoms with E-state index < -0.39 is 41.2 Å². The smallest absolute Gasteiger partial charge is 0.418 e. The maximum absolute atomic E-state index is 13.9. The first-order valence-corrected chi connectivity index (χ1v) is 17.8. The molecule has 0 radical (unpaired) electrons. The lowest BCUT2D eigenvalue weighted by Crippen LogP contribution is -2.49. The lowest BCUT2D eigenvalue weighted by molar-refractivity contribution is -0.137. The topological polar surface area (TPSA) is 134 Å². The van der Waals surface area contributed by atoms with Crippen LogP contribution in [0.5, 0.6) is 0 Å². The number of carbonyl (C=O) groups excluding carboxylic acids is 2. The Morgan fingerprint density at radius 3 is 2.32 bits per heavy atom. The number of nitrogens with one attached hydrogen (secondary N) is 1. The number of likely N-dealkylation sites (tertiary alicyclic amines) is 1. The molecule has 284 valence electrons. The van der Waals surface area contributed by atoms with Crippen LogP contribution in [0.4, 0.5) is 34.4 Å². The van der Waals surface area contributed by atoms with Crippen molar-refractivity contribution in [3.8, 4) is 11.3 Å². The van der Waals surface area contributed by atoms with Gasteiger partial charge >= 0.3 is 18.4 Å². The van der Waals surface area contributed by atoms with Crippen molar-refractivity contribution in [1.82, 2.24) is 24.5 Å². The van der Waals surface area contributed by atoms with E-state index in [-0.39, 0.29) is 36.2 Å². The maximum Gasteiger partial charge on any atom is 0.418 e. The lowest BCUT2D eigenvalue weighted by Gasteiger charge is -2.36. The van der Waals surface area contributed by atoms with Gasteiger partial charge in [0.15, 0.2) is 5.65 Å². The third kappa shape index (κ3) is 9.18. The summed E-state index contributed by atoms with van der Waals surface area (Å²) in [4.78, 5) is 38.4. The van der Waals surface area contributed by atoms with Crippen LogP contribution in [-0.2, 0) is 22.2 Å². The third-order valence-corrected chi connectivity index (χ3v) is 8.99. The van der Waals surface area contributed by atoms with Crippen LogP contribution >= 0.6 is 0 Å². The number of carbonyl (C=O) groups is 2. The van der Waals surface area contributed by atoms with Gasteiger partial charge in [0.25, 0.3) is 0 Å². The summed E-state index contributed by atoms with van der Waals surface area (Å²) in [5.74, 6) is 0.917. The Kier molecular flexibility index (Phi) is 10.3. The molecule has 2 N–H and O–H groups in total. The molecule has 1 aliphatic heterocycles. The van der Waals surface area contributed by atoms with Crippen LogP contribution in [0.3, 0.4) is 0 Å². The molecule has 0 bridgehead atoms. The van der Waals surface area contributed by atoms with E-state index in [1.165, 1.54) is 22.1 Å². The van der Waals surface area contributed by atoms with Gasteiger partial charge in [-0.15, -0.1) is 0 Å². The molecule has 6 rings (SSSR count). The van der Waals surface area contributed by atoms with Gasteiger partial charge in [-0.2, -0.15) is 22.8 Å². The number of halogens is 3. The predicted molar refractivity (Wildman–Crippen MR) is 192 cm³/mol. The van der Waals surface area contributed by atoms with Gasteiger partial charge in [0.2, 0.25) is 0 Å². The number of pyridine rings is 1. The van der Waals surface area contributed by atoms with Gasteiger partial charge in [0, 0.05) is 42.4 Å². The van der Waals surface area contributed by atoms with E-state index in [4.69, 9.17) is 14.5 Å². The van der Waals surface area contributed by atoms with E-state index in [2.05, 4.69) is 15.4 Å². The first-order chi connectivity index (χ1) is 24.9. The molecule has 1 saturated heterocycles. The second kappa shape index (κ2) is 14.5. The predicted octanol–water partition coefficient (Wildman–Crippen LogP) is 7.66. The summed E-state index contributed by atoms with van der Waals surface area (Å²) in [6.07, 6.45) is -0.903. The Morgan fingerprint density at radius 1 is 1.00 bits per heavy atom. The molecule has 4 aromatic rings. The van der Waals surface area contributed by atoms with Crippen LogP contribution in [0.2, 0.25) is 0 Å². The summed E-state index contributed by atoms with van der Waals surface area (Å²) in [6, 6.07) is 10.3. The van der Waals surface area contributed by atoms with Gasteiger partial charge in [0.05, 0.1) is 36.6 Å². The fourth-order valence-electron chi connectivity index (χ4n) is 6.25. The monoisotopic (exact) mass is 737 g/mol. The van der Waals surface area contributed by atoms with E-state index in [1.807, 2.05) is 0 Å². The third-order valence-electron chi connectivity index (χ3n) is 8.99. The lowest BCUT2D eigenvalue weighted by atomic mass is 9.94. The molecule has 0 unspecified atom stereocenters.